The standard InChI is InChI=1S/C14H19BrN3O10P/c15-4-9(20)16-3-1-2-7-5-18(13(23)17-11(7)22)12-10(21)14(24,29(25,26)27)8(6-19)28-12/h1,3,5,8,10,12,19,21,24H,2,4,6H2,(H,16,20)(H,17,22,23)(H2,25,26,27)/t8-,10+,12-,14+/m1/s1. The number of hydrogen-bond donors (Lipinski definition) is 7. The van der Waals surface area contributed by atoms with Gasteiger partial charge in [-0.3, -0.25) is 23.7 Å². The molecule has 0 saturated carbocycles. The zero-order valence-corrected chi connectivity index (χ0v) is 17.1. The summed E-state index contributed by atoms with van der Waals surface area (Å²) in [6, 6.07) is 0. The summed E-state index contributed by atoms with van der Waals surface area (Å²) < 4.78 is 17.4. The number of nitrogens with one attached hydrogen (secondary N) is 2. The quantitative estimate of drug-likeness (QED) is 0.151. The highest BCUT2D eigenvalue weighted by Gasteiger charge is 2.65. The average molecular weight is 500 g/mol. The monoisotopic (exact) mass is 499 g/mol. The number of nitrogens with zero attached hydrogens (tertiary/aromatic N) is 1. The van der Waals surface area contributed by atoms with Crippen molar-refractivity contribution < 1.29 is 39.2 Å². The van der Waals surface area contributed by atoms with Crippen LogP contribution in [0.3, 0.4) is 0 Å². The Morgan fingerprint density at radius 2 is 2.10 bits per heavy atom. The number of hydrogen-bond acceptors (Lipinski definition) is 8. The number of carbonyl (C=O) groups is 1. The highest BCUT2D eigenvalue weighted by molar-refractivity contribution is 9.09. The van der Waals surface area contributed by atoms with Crippen LogP contribution in [0.1, 0.15) is 11.8 Å². The molecule has 0 aliphatic carbocycles. The molecule has 162 valence electrons. The highest BCUT2D eigenvalue weighted by Crippen LogP contribution is 2.58. The molecule has 7 N–H and O–H groups in total. The fourth-order valence-electron chi connectivity index (χ4n) is 2.74. The van der Waals surface area contributed by atoms with Crippen molar-refractivity contribution in [1.29, 1.82) is 0 Å². The maximum atomic E-state index is 12.1. The average Bonchev–Trinajstić information content (AvgIpc) is 2.92. The molecular formula is C14H19BrN3O10P. The van der Waals surface area contributed by atoms with Crippen molar-refractivity contribution in [3.63, 3.8) is 0 Å². The number of alkyl halides is 1. The first-order valence-corrected chi connectivity index (χ1v) is 10.8. The van der Waals surface area contributed by atoms with Crippen LogP contribution in [0.4, 0.5) is 0 Å². The minimum Gasteiger partial charge on any atom is -0.394 e. The third-order valence-corrected chi connectivity index (χ3v) is 6.25. The van der Waals surface area contributed by atoms with E-state index in [9.17, 15) is 44.1 Å². The molecule has 2 heterocycles. The van der Waals surface area contributed by atoms with Gasteiger partial charge in [-0.05, 0) is 6.42 Å². The number of amides is 1. The van der Waals surface area contributed by atoms with Crippen molar-refractivity contribution in [2.45, 2.75) is 30.2 Å². The van der Waals surface area contributed by atoms with Crippen molar-refractivity contribution in [3.8, 4) is 0 Å². The fourth-order valence-corrected chi connectivity index (χ4v) is 3.89. The molecule has 1 aromatic rings. The summed E-state index contributed by atoms with van der Waals surface area (Å²) in [7, 11) is -5.40. The summed E-state index contributed by atoms with van der Waals surface area (Å²) in [6.07, 6.45) is -2.42. The van der Waals surface area contributed by atoms with Crippen LogP contribution >= 0.6 is 23.5 Å². The number of allylic oxidation sites excluding steroid dienone is 1. The molecule has 0 unspecified atom stereocenters. The molecule has 15 heteroatoms. The first kappa shape index (κ1) is 23.6. The van der Waals surface area contributed by atoms with Gasteiger partial charge in [0.2, 0.25) is 11.2 Å². The van der Waals surface area contributed by atoms with Crippen molar-refractivity contribution >= 4 is 29.4 Å². The normalized spacial score (nSPS) is 27.4. The minimum absolute atomic E-state index is 0.0168. The number of aliphatic hydroxyl groups is 3. The zero-order valence-electron chi connectivity index (χ0n) is 14.6. The first-order chi connectivity index (χ1) is 13.5. The third kappa shape index (κ3) is 4.59. The summed E-state index contributed by atoms with van der Waals surface area (Å²) >= 11 is 2.95. The number of carbonyl (C=O) groups excluding carboxylic acids is 1. The Bertz CT molecular complexity index is 956. The molecule has 0 radical (unpaired) electrons. The van der Waals surface area contributed by atoms with E-state index in [0.29, 0.717) is 4.57 Å². The van der Waals surface area contributed by atoms with Gasteiger partial charge in [-0.15, -0.1) is 0 Å². The summed E-state index contributed by atoms with van der Waals surface area (Å²) in [4.78, 5) is 56.0. The summed E-state index contributed by atoms with van der Waals surface area (Å²) in [5.74, 6) is -0.339. The van der Waals surface area contributed by atoms with E-state index in [1.807, 2.05) is 4.98 Å². The predicted molar refractivity (Wildman–Crippen MR) is 100 cm³/mol. The van der Waals surface area contributed by atoms with Gasteiger partial charge in [-0.1, -0.05) is 22.0 Å². The third-order valence-electron chi connectivity index (χ3n) is 4.25. The number of aromatic nitrogens is 2. The Morgan fingerprint density at radius 3 is 2.62 bits per heavy atom. The SMILES string of the molecule is O=C(CBr)NC=CCc1cn([C@@H]2O[C@H](CO)[C@](O)(P(=O)(O)O)[C@H]2O)c(=O)[nH]c1=O. The number of rotatable bonds is 7. The zero-order chi connectivity index (χ0) is 22.0. The Balaban J connectivity index is 2.38. The van der Waals surface area contributed by atoms with Crippen LogP contribution in [-0.4, -0.2) is 70.1 Å². The lowest BCUT2D eigenvalue weighted by Crippen LogP contribution is -2.49. The van der Waals surface area contributed by atoms with Gasteiger partial charge in [0.05, 0.1) is 11.9 Å². The summed E-state index contributed by atoms with van der Waals surface area (Å²) in [5.41, 5.74) is -1.87. The molecule has 0 spiro atoms. The van der Waals surface area contributed by atoms with Crippen LogP contribution in [0.5, 0.6) is 0 Å². The number of H-pyrrole nitrogens is 1. The molecule has 1 fully saturated rings. The van der Waals surface area contributed by atoms with Crippen molar-refractivity contribution in [3.05, 3.63) is 44.9 Å². The van der Waals surface area contributed by atoms with E-state index in [4.69, 9.17) is 4.74 Å². The molecule has 29 heavy (non-hydrogen) atoms. The molecule has 0 bridgehead atoms. The van der Waals surface area contributed by atoms with Crippen LogP contribution in [0, 0.1) is 0 Å². The number of halogens is 1. The lowest BCUT2D eigenvalue weighted by Gasteiger charge is -2.30. The lowest BCUT2D eigenvalue weighted by atomic mass is 10.1. The van der Waals surface area contributed by atoms with Gasteiger partial charge >= 0.3 is 13.3 Å². The molecule has 4 atom stereocenters. The Hall–Kier alpha value is -1.64. The molecule has 1 amide bonds. The smallest absolute Gasteiger partial charge is 0.362 e. The largest absolute Gasteiger partial charge is 0.394 e. The maximum absolute atomic E-state index is 12.1. The van der Waals surface area contributed by atoms with E-state index in [1.165, 1.54) is 12.3 Å². The van der Waals surface area contributed by atoms with Crippen molar-refractivity contribution in [2.24, 2.45) is 0 Å². The second kappa shape index (κ2) is 9.02. The topological polar surface area (TPSA) is 211 Å². The molecule has 1 aromatic heterocycles. The van der Waals surface area contributed by atoms with E-state index in [0.717, 1.165) is 6.20 Å². The molecule has 13 nitrogen and oxygen atoms in total. The van der Waals surface area contributed by atoms with Gasteiger partial charge in [0, 0.05) is 18.0 Å². The summed E-state index contributed by atoms with van der Waals surface area (Å²) in [5, 5.41) is 29.2. The van der Waals surface area contributed by atoms with E-state index in [2.05, 4.69) is 21.2 Å². The molecule has 1 aliphatic rings. The predicted octanol–water partition coefficient (Wildman–Crippen LogP) is -2.78. The fraction of sp³-hybridized carbons (Fsp3) is 0.500. The number of aliphatic hydroxyl groups excluding tert-OH is 2. The number of ether oxygens (including phenoxy) is 1. The van der Waals surface area contributed by atoms with Gasteiger partial charge < -0.3 is 35.2 Å². The van der Waals surface area contributed by atoms with E-state index < -0.39 is 49.2 Å². The van der Waals surface area contributed by atoms with Gasteiger partial charge in [0.25, 0.3) is 5.56 Å². The van der Waals surface area contributed by atoms with Crippen molar-refractivity contribution in [2.75, 3.05) is 11.9 Å². The molecule has 1 saturated heterocycles. The second-order valence-corrected chi connectivity index (χ2v) is 8.46. The first-order valence-electron chi connectivity index (χ1n) is 8.04. The number of aromatic amines is 1. The lowest BCUT2D eigenvalue weighted by molar-refractivity contribution is -0.117. The van der Waals surface area contributed by atoms with E-state index in [-0.39, 0.29) is 23.2 Å². The van der Waals surface area contributed by atoms with Crippen LogP contribution in [0.2, 0.25) is 0 Å². The van der Waals surface area contributed by atoms with Gasteiger partial charge in [0.1, 0.15) is 12.2 Å². The molecule has 1 aliphatic heterocycles. The van der Waals surface area contributed by atoms with Crippen molar-refractivity contribution in [1.82, 2.24) is 14.9 Å². The minimum atomic E-state index is -5.40. The van der Waals surface area contributed by atoms with Crippen LogP contribution < -0.4 is 16.6 Å². The Morgan fingerprint density at radius 1 is 1.45 bits per heavy atom. The highest BCUT2D eigenvalue weighted by atomic mass is 79.9. The van der Waals surface area contributed by atoms with Crippen LogP contribution in [-0.2, 0) is 20.5 Å². The molecule has 2 rings (SSSR count). The summed E-state index contributed by atoms with van der Waals surface area (Å²) in [6.45, 7) is -1.06. The van der Waals surface area contributed by atoms with Gasteiger partial charge in [0.15, 0.2) is 6.23 Å². The maximum Gasteiger partial charge on any atom is 0.362 e. The van der Waals surface area contributed by atoms with Crippen LogP contribution in [0.15, 0.2) is 28.1 Å². The van der Waals surface area contributed by atoms with Crippen LogP contribution in [0.25, 0.3) is 0 Å². The second-order valence-electron chi connectivity index (χ2n) is 6.10. The Kier molecular flexibility index (Phi) is 7.35. The van der Waals surface area contributed by atoms with E-state index >= 15 is 0 Å². The molecule has 0 aromatic carbocycles. The Labute approximate surface area is 170 Å². The van der Waals surface area contributed by atoms with E-state index in [1.54, 1.807) is 0 Å². The van der Waals surface area contributed by atoms with Gasteiger partial charge in [-0.2, -0.15) is 0 Å². The van der Waals surface area contributed by atoms with Gasteiger partial charge in [-0.25, -0.2) is 4.79 Å². The molecular weight excluding hydrogens is 481 g/mol.